The van der Waals surface area contributed by atoms with Crippen molar-refractivity contribution < 1.29 is 4.92 Å². The van der Waals surface area contributed by atoms with Crippen LogP contribution < -0.4 is 3.58 Å². The fourth-order valence-electron chi connectivity index (χ4n) is 1.09. The Balaban J connectivity index is 3.13. The monoisotopic (exact) mass is 287 g/mol. The van der Waals surface area contributed by atoms with Gasteiger partial charge in [-0.05, 0) is 0 Å². The van der Waals surface area contributed by atoms with Crippen LogP contribution in [0.25, 0.3) is 0 Å². The third kappa shape index (κ3) is 2.69. The van der Waals surface area contributed by atoms with Crippen molar-refractivity contribution in [2.75, 3.05) is 0 Å². The van der Waals surface area contributed by atoms with Crippen molar-refractivity contribution in [2.45, 2.75) is 14.8 Å². The molecule has 0 unspecified atom stereocenters. The zero-order valence-corrected chi connectivity index (χ0v) is 10.9. The maximum atomic E-state index is 10.5. The zero-order chi connectivity index (χ0) is 10.1. The van der Waals surface area contributed by atoms with Crippen LogP contribution in [0.3, 0.4) is 0 Å². The first-order valence-corrected chi connectivity index (χ1v) is 14.1. The first kappa shape index (κ1) is 10.5. The molecule has 0 atom stereocenters. The van der Waals surface area contributed by atoms with Gasteiger partial charge in [0, 0.05) is 0 Å². The average molecular weight is 286 g/mol. The summed E-state index contributed by atoms with van der Waals surface area (Å²) in [6.45, 7) is 0. The van der Waals surface area contributed by atoms with Crippen LogP contribution >= 0.6 is 0 Å². The minimum atomic E-state index is -2.12. The molecule has 3 nitrogen and oxygen atoms in total. The SMILES string of the molecule is [CH3][Sn]([CH3])([CH3])[c]1cccc([N+](=O)[O-])c1. The van der Waals surface area contributed by atoms with Crippen molar-refractivity contribution in [1.82, 2.24) is 0 Å². The second kappa shape index (κ2) is 3.65. The van der Waals surface area contributed by atoms with Gasteiger partial charge in [-0.3, -0.25) is 0 Å². The Bertz CT molecular complexity index is 331. The van der Waals surface area contributed by atoms with Gasteiger partial charge >= 0.3 is 81.8 Å². The van der Waals surface area contributed by atoms with E-state index < -0.39 is 18.4 Å². The molecule has 0 fully saturated rings. The van der Waals surface area contributed by atoms with Crippen LogP contribution in [0.2, 0.25) is 14.8 Å². The number of nitro benzene ring substituents is 1. The van der Waals surface area contributed by atoms with Crippen LogP contribution in [0.4, 0.5) is 5.69 Å². The topological polar surface area (TPSA) is 43.1 Å². The van der Waals surface area contributed by atoms with Crippen molar-refractivity contribution >= 4 is 27.6 Å². The van der Waals surface area contributed by atoms with Crippen molar-refractivity contribution in [3.05, 3.63) is 34.4 Å². The molecule has 0 heterocycles. The summed E-state index contributed by atoms with van der Waals surface area (Å²) < 4.78 is 1.20. The molecule has 0 saturated carbocycles. The fraction of sp³-hybridized carbons (Fsp3) is 0.333. The predicted octanol–water partition coefficient (Wildman–Crippen LogP) is 2.14. The van der Waals surface area contributed by atoms with Gasteiger partial charge in [0.25, 0.3) is 0 Å². The predicted molar refractivity (Wildman–Crippen MR) is 56.1 cm³/mol. The molecular formula is C9H13NO2Sn. The molecule has 0 N–H and O–H groups in total. The molecule has 0 aliphatic rings. The molecular weight excluding hydrogens is 273 g/mol. The van der Waals surface area contributed by atoms with E-state index in [4.69, 9.17) is 0 Å². The molecule has 13 heavy (non-hydrogen) atoms. The van der Waals surface area contributed by atoms with Gasteiger partial charge in [0.1, 0.15) is 0 Å². The van der Waals surface area contributed by atoms with Crippen molar-refractivity contribution in [3.8, 4) is 0 Å². The first-order valence-electron chi connectivity index (χ1n) is 4.16. The summed E-state index contributed by atoms with van der Waals surface area (Å²) >= 11 is -2.12. The van der Waals surface area contributed by atoms with Crippen molar-refractivity contribution in [2.24, 2.45) is 0 Å². The summed E-state index contributed by atoms with van der Waals surface area (Å²) in [6, 6.07) is 7.04. The molecule has 0 amide bonds. The second-order valence-electron chi connectivity index (χ2n) is 4.06. The number of nitrogens with zero attached hydrogens (tertiary/aromatic N) is 1. The van der Waals surface area contributed by atoms with Crippen molar-refractivity contribution in [3.63, 3.8) is 0 Å². The molecule has 70 valence electrons. The molecule has 4 heteroatoms. The van der Waals surface area contributed by atoms with Gasteiger partial charge in [-0.15, -0.1) is 0 Å². The fourth-order valence-corrected chi connectivity index (χ4v) is 4.45. The third-order valence-electron chi connectivity index (χ3n) is 1.92. The molecule has 1 rings (SSSR count). The second-order valence-corrected chi connectivity index (χ2v) is 18.5. The normalized spacial score (nSPS) is 11.3. The van der Waals surface area contributed by atoms with Gasteiger partial charge in [0.15, 0.2) is 0 Å². The van der Waals surface area contributed by atoms with E-state index in [0.29, 0.717) is 0 Å². The number of non-ortho nitro benzene ring substituents is 1. The molecule has 0 aliphatic heterocycles. The molecule has 0 radical (unpaired) electrons. The number of nitro groups is 1. The van der Waals surface area contributed by atoms with Gasteiger partial charge in [-0.1, -0.05) is 0 Å². The summed E-state index contributed by atoms with van der Waals surface area (Å²) in [6.07, 6.45) is 0. The van der Waals surface area contributed by atoms with Gasteiger partial charge in [-0.25, -0.2) is 0 Å². The number of hydrogen-bond acceptors (Lipinski definition) is 2. The van der Waals surface area contributed by atoms with E-state index >= 15 is 0 Å². The summed E-state index contributed by atoms with van der Waals surface area (Å²) in [5.74, 6) is 0. The van der Waals surface area contributed by atoms with E-state index in [0.717, 1.165) is 0 Å². The Morgan fingerprint density at radius 1 is 1.31 bits per heavy atom. The van der Waals surface area contributed by atoms with Crippen LogP contribution in [0.5, 0.6) is 0 Å². The van der Waals surface area contributed by atoms with Crippen LogP contribution in [0.1, 0.15) is 0 Å². The molecule has 1 aromatic carbocycles. The van der Waals surface area contributed by atoms with Gasteiger partial charge in [0.2, 0.25) is 0 Å². The van der Waals surface area contributed by atoms with Gasteiger partial charge in [-0.2, -0.15) is 0 Å². The van der Waals surface area contributed by atoms with E-state index in [2.05, 4.69) is 14.8 Å². The molecule has 1 aromatic rings. The van der Waals surface area contributed by atoms with E-state index in [9.17, 15) is 10.1 Å². The van der Waals surface area contributed by atoms with Crippen LogP contribution in [0, 0.1) is 10.1 Å². The standard InChI is InChI=1S/C6H4NO2.3CH3.Sn/c8-7(9)6-4-2-1-3-5-6;;;;/h1-2,4-5H;3*1H3;. The number of rotatable bonds is 2. The van der Waals surface area contributed by atoms with E-state index in [1.165, 1.54) is 3.58 Å². The Labute approximate surface area is 81.8 Å². The molecule has 0 aliphatic carbocycles. The zero-order valence-electron chi connectivity index (χ0n) is 8.07. The van der Waals surface area contributed by atoms with Gasteiger partial charge in [0.05, 0.1) is 0 Å². The molecule has 0 saturated heterocycles. The van der Waals surface area contributed by atoms with Crippen LogP contribution in [0.15, 0.2) is 24.3 Å². The molecule has 0 bridgehead atoms. The first-order chi connectivity index (χ1) is 5.91. The molecule has 0 spiro atoms. The Kier molecular flexibility index (Phi) is 2.95. The minimum absolute atomic E-state index is 0.212. The molecule has 0 aromatic heterocycles. The average Bonchev–Trinajstić information content (AvgIpc) is 2.03. The van der Waals surface area contributed by atoms with Crippen LogP contribution in [-0.4, -0.2) is 23.3 Å². The van der Waals surface area contributed by atoms with Crippen molar-refractivity contribution in [1.29, 1.82) is 0 Å². The summed E-state index contributed by atoms with van der Waals surface area (Å²) in [5.41, 5.74) is 0.212. The Hall–Kier alpha value is -0.581. The summed E-state index contributed by atoms with van der Waals surface area (Å²) in [5, 5.41) is 10.5. The van der Waals surface area contributed by atoms with E-state index in [1.807, 2.05) is 6.07 Å². The van der Waals surface area contributed by atoms with E-state index in [-0.39, 0.29) is 10.6 Å². The Morgan fingerprint density at radius 3 is 2.38 bits per heavy atom. The summed E-state index contributed by atoms with van der Waals surface area (Å²) in [7, 11) is 0. The summed E-state index contributed by atoms with van der Waals surface area (Å²) in [4.78, 5) is 16.9. The third-order valence-corrected chi connectivity index (χ3v) is 7.75. The number of benzene rings is 1. The maximum absolute atomic E-state index is 10.5. The van der Waals surface area contributed by atoms with Crippen LogP contribution in [-0.2, 0) is 0 Å². The Morgan fingerprint density at radius 2 is 1.92 bits per heavy atom. The van der Waals surface area contributed by atoms with E-state index in [1.54, 1.807) is 18.2 Å². The van der Waals surface area contributed by atoms with Gasteiger partial charge < -0.3 is 0 Å². The number of hydrogen-bond donors (Lipinski definition) is 0. The quantitative estimate of drug-likeness (QED) is 0.475.